The minimum Gasteiger partial charge on any atom is -0.445 e. The third-order valence-corrected chi connectivity index (χ3v) is 3.80. The Morgan fingerprint density at radius 2 is 1.32 bits per heavy atom. The second-order valence-electron chi connectivity index (χ2n) is 6.28. The molecule has 3 atom stereocenters. The molecule has 0 bridgehead atoms. The van der Waals surface area contributed by atoms with E-state index < -0.39 is 36.0 Å². The van der Waals surface area contributed by atoms with Crippen LogP contribution in [-0.2, 0) is 25.7 Å². The van der Waals surface area contributed by atoms with Crippen LogP contribution in [0.5, 0.6) is 0 Å². The minimum absolute atomic E-state index is 0.0809. The van der Waals surface area contributed by atoms with Crippen molar-refractivity contribution in [3.8, 4) is 0 Å². The van der Waals surface area contributed by atoms with Crippen LogP contribution >= 0.6 is 0 Å². The predicted molar refractivity (Wildman–Crippen MR) is 103 cm³/mol. The van der Waals surface area contributed by atoms with E-state index >= 15 is 0 Å². The molecule has 9 nitrogen and oxygen atoms in total. The summed E-state index contributed by atoms with van der Waals surface area (Å²) in [5, 5.41) is 9.98. The van der Waals surface area contributed by atoms with E-state index in [1.807, 2.05) is 30.3 Å². The van der Waals surface area contributed by atoms with Crippen molar-refractivity contribution in [2.45, 2.75) is 52.4 Å². The zero-order valence-electron chi connectivity index (χ0n) is 16.6. The van der Waals surface area contributed by atoms with Gasteiger partial charge in [-0.1, -0.05) is 30.3 Å². The van der Waals surface area contributed by atoms with Crippen molar-refractivity contribution in [1.29, 1.82) is 0 Å². The number of likely N-dealkylation sites (N-methyl/N-ethyl adjacent to an activating group) is 1. The maximum Gasteiger partial charge on any atom is 0.408 e. The molecule has 3 unspecified atom stereocenters. The summed E-state index contributed by atoms with van der Waals surface area (Å²) in [6.07, 6.45) is -0.742. The molecule has 0 radical (unpaired) electrons. The predicted octanol–water partition coefficient (Wildman–Crippen LogP) is 0.447. The largest absolute Gasteiger partial charge is 0.445 e. The summed E-state index contributed by atoms with van der Waals surface area (Å²) in [7, 11) is 0. The first kappa shape index (κ1) is 22.9. The van der Waals surface area contributed by atoms with Crippen LogP contribution in [-0.4, -0.2) is 48.5 Å². The molecule has 0 aliphatic heterocycles. The van der Waals surface area contributed by atoms with E-state index in [-0.39, 0.29) is 12.5 Å². The van der Waals surface area contributed by atoms with Crippen molar-refractivity contribution < 1.29 is 23.9 Å². The van der Waals surface area contributed by atoms with E-state index in [0.29, 0.717) is 6.54 Å². The molecule has 9 heteroatoms. The van der Waals surface area contributed by atoms with Gasteiger partial charge in [0.15, 0.2) is 0 Å². The van der Waals surface area contributed by atoms with Gasteiger partial charge < -0.3 is 26.0 Å². The Bertz CT molecular complexity index is 680. The van der Waals surface area contributed by atoms with Crippen LogP contribution in [0.2, 0.25) is 0 Å². The van der Waals surface area contributed by atoms with Gasteiger partial charge in [0.05, 0.1) is 0 Å². The lowest BCUT2D eigenvalue weighted by Gasteiger charge is -2.20. The Labute approximate surface area is 164 Å². The monoisotopic (exact) mass is 392 g/mol. The number of nitrogens with one attached hydrogen (secondary N) is 4. The standard InChI is InChI=1S/C19H28N4O5/c1-5-20-16(24)12(2)21-17(25)13(3)22-18(26)14(4)23-19(27)28-11-15-9-7-6-8-10-15/h6-10,12-14H,5,11H2,1-4H3,(H,20,24)(H,21,25)(H,22,26)(H,23,27). The summed E-state index contributed by atoms with van der Waals surface area (Å²) in [4.78, 5) is 47.7. The molecule has 0 aliphatic rings. The van der Waals surface area contributed by atoms with Crippen molar-refractivity contribution in [3.63, 3.8) is 0 Å². The van der Waals surface area contributed by atoms with E-state index in [1.165, 1.54) is 13.8 Å². The van der Waals surface area contributed by atoms with E-state index in [2.05, 4.69) is 21.3 Å². The number of carbonyl (C=O) groups excluding carboxylic acids is 4. The number of ether oxygens (including phenoxy) is 1. The molecule has 0 aliphatic carbocycles. The van der Waals surface area contributed by atoms with Gasteiger partial charge in [-0.25, -0.2) is 4.79 Å². The van der Waals surface area contributed by atoms with Gasteiger partial charge in [-0.15, -0.1) is 0 Å². The fourth-order valence-electron chi connectivity index (χ4n) is 2.14. The van der Waals surface area contributed by atoms with Crippen LogP contribution in [0, 0.1) is 0 Å². The Morgan fingerprint density at radius 3 is 1.86 bits per heavy atom. The molecule has 0 spiro atoms. The summed E-state index contributed by atoms with van der Waals surface area (Å²) in [6, 6.07) is 6.61. The Morgan fingerprint density at radius 1 is 0.821 bits per heavy atom. The number of benzene rings is 1. The van der Waals surface area contributed by atoms with Gasteiger partial charge in [0, 0.05) is 6.54 Å². The van der Waals surface area contributed by atoms with E-state index in [0.717, 1.165) is 5.56 Å². The first-order chi connectivity index (χ1) is 13.2. The molecule has 1 aromatic rings. The van der Waals surface area contributed by atoms with Crippen LogP contribution in [0.3, 0.4) is 0 Å². The fourth-order valence-corrected chi connectivity index (χ4v) is 2.14. The van der Waals surface area contributed by atoms with Gasteiger partial charge in [-0.05, 0) is 33.3 Å². The Hall–Kier alpha value is -3.10. The first-order valence-electron chi connectivity index (χ1n) is 9.10. The van der Waals surface area contributed by atoms with Crippen LogP contribution in [0.1, 0.15) is 33.3 Å². The molecule has 0 saturated carbocycles. The molecule has 4 N–H and O–H groups in total. The quantitative estimate of drug-likeness (QED) is 0.485. The highest BCUT2D eigenvalue weighted by molar-refractivity contribution is 5.93. The van der Waals surface area contributed by atoms with E-state index in [9.17, 15) is 19.2 Å². The smallest absolute Gasteiger partial charge is 0.408 e. The second-order valence-corrected chi connectivity index (χ2v) is 6.28. The lowest BCUT2D eigenvalue weighted by atomic mass is 10.2. The molecule has 1 rings (SSSR count). The van der Waals surface area contributed by atoms with Crippen molar-refractivity contribution >= 4 is 23.8 Å². The van der Waals surface area contributed by atoms with Crippen LogP contribution in [0.25, 0.3) is 0 Å². The van der Waals surface area contributed by atoms with Gasteiger partial charge in [0.1, 0.15) is 24.7 Å². The highest BCUT2D eigenvalue weighted by Crippen LogP contribution is 2.01. The highest BCUT2D eigenvalue weighted by Gasteiger charge is 2.23. The normalized spacial score (nSPS) is 13.4. The molecule has 0 saturated heterocycles. The van der Waals surface area contributed by atoms with Gasteiger partial charge in [0.2, 0.25) is 17.7 Å². The van der Waals surface area contributed by atoms with Crippen LogP contribution in [0.15, 0.2) is 30.3 Å². The molecular weight excluding hydrogens is 364 g/mol. The fraction of sp³-hybridized carbons (Fsp3) is 0.474. The number of hydrogen-bond acceptors (Lipinski definition) is 5. The number of hydrogen-bond donors (Lipinski definition) is 4. The zero-order chi connectivity index (χ0) is 21.1. The third kappa shape index (κ3) is 8.07. The average molecular weight is 392 g/mol. The van der Waals surface area contributed by atoms with Crippen molar-refractivity contribution in [3.05, 3.63) is 35.9 Å². The minimum atomic E-state index is -0.903. The topological polar surface area (TPSA) is 126 Å². The van der Waals surface area contributed by atoms with E-state index in [1.54, 1.807) is 13.8 Å². The molecule has 0 aromatic heterocycles. The van der Waals surface area contributed by atoms with Gasteiger partial charge in [-0.2, -0.15) is 0 Å². The molecular formula is C19H28N4O5. The summed E-state index contributed by atoms with van der Waals surface area (Å²) < 4.78 is 5.05. The molecule has 28 heavy (non-hydrogen) atoms. The Kier molecular flexibility index (Phi) is 9.49. The van der Waals surface area contributed by atoms with E-state index in [4.69, 9.17) is 4.74 Å². The average Bonchev–Trinajstić information content (AvgIpc) is 2.67. The second kappa shape index (κ2) is 11.6. The molecule has 4 amide bonds. The van der Waals surface area contributed by atoms with Crippen molar-refractivity contribution in [2.75, 3.05) is 6.54 Å². The SMILES string of the molecule is CCNC(=O)C(C)NC(=O)C(C)NC(=O)C(C)NC(=O)OCc1ccccc1. The maximum atomic E-state index is 12.1. The van der Waals surface area contributed by atoms with Crippen molar-refractivity contribution in [2.24, 2.45) is 0 Å². The lowest BCUT2D eigenvalue weighted by molar-refractivity contribution is -0.131. The highest BCUT2D eigenvalue weighted by atomic mass is 16.5. The molecule has 1 aromatic carbocycles. The van der Waals surface area contributed by atoms with Crippen LogP contribution < -0.4 is 21.3 Å². The molecule has 154 valence electrons. The zero-order valence-corrected chi connectivity index (χ0v) is 16.6. The van der Waals surface area contributed by atoms with Crippen LogP contribution in [0.4, 0.5) is 4.79 Å². The summed E-state index contributed by atoms with van der Waals surface area (Å²) in [5.41, 5.74) is 0.821. The van der Waals surface area contributed by atoms with Gasteiger partial charge in [-0.3, -0.25) is 14.4 Å². The summed E-state index contributed by atoms with van der Waals surface area (Å²) in [5.74, 6) is -1.37. The lowest BCUT2D eigenvalue weighted by Crippen LogP contribution is -2.54. The number of alkyl carbamates (subject to hydrolysis) is 1. The third-order valence-electron chi connectivity index (χ3n) is 3.80. The number of rotatable bonds is 9. The number of amides is 4. The Balaban J connectivity index is 2.40. The van der Waals surface area contributed by atoms with Crippen molar-refractivity contribution in [1.82, 2.24) is 21.3 Å². The van der Waals surface area contributed by atoms with Gasteiger partial charge in [0.25, 0.3) is 0 Å². The first-order valence-corrected chi connectivity index (χ1v) is 9.10. The molecule has 0 fully saturated rings. The van der Waals surface area contributed by atoms with Gasteiger partial charge >= 0.3 is 6.09 Å². The molecule has 0 heterocycles. The maximum absolute atomic E-state index is 12.1. The number of carbonyl (C=O) groups is 4. The summed E-state index contributed by atoms with van der Waals surface area (Å²) >= 11 is 0. The summed E-state index contributed by atoms with van der Waals surface area (Å²) in [6.45, 7) is 6.81.